The Kier molecular flexibility index (Phi) is 7.28. The van der Waals surface area contributed by atoms with Gasteiger partial charge in [-0.15, -0.1) is 0 Å². The third-order valence-corrected chi connectivity index (χ3v) is 5.24. The van der Waals surface area contributed by atoms with Gasteiger partial charge < -0.3 is 5.32 Å². The van der Waals surface area contributed by atoms with Crippen molar-refractivity contribution in [1.82, 2.24) is 15.4 Å². The van der Waals surface area contributed by atoms with Crippen molar-refractivity contribution in [2.24, 2.45) is 5.10 Å². The summed E-state index contributed by atoms with van der Waals surface area (Å²) in [5.41, 5.74) is 5.94. The van der Waals surface area contributed by atoms with Gasteiger partial charge in [0.15, 0.2) is 5.16 Å². The summed E-state index contributed by atoms with van der Waals surface area (Å²) >= 11 is 1.10. The number of nitro benzene ring substituents is 1. The number of nitro groups is 1. The SMILES string of the molecule is Cc1ccc(NCC(=O)N/N=C/c2ccc(Sc3ncccn3)c([N+](=O)[O-])c2)cc1C. The van der Waals surface area contributed by atoms with Gasteiger partial charge in [0.1, 0.15) is 0 Å². The molecule has 0 aliphatic heterocycles. The first-order valence-corrected chi connectivity index (χ1v) is 10.1. The number of hydrogen-bond acceptors (Lipinski definition) is 8. The van der Waals surface area contributed by atoms with Crippen LogP contribution in [0.1, 0.15) is 16.7 Å². The molecule has 10 heteroatoms. The molecule has 0 saturated heterocycles. The summed E-state index contributed by atoms with van der Waals surface area (Å²) in [6.07, 6.45) is 4.49. The third kappa shape index (κ3) is 6.34. The van der Waals surface area contributed by atoms with Gasteiger partial charge >= 0.3 is 0 Å². The van der Waals surface area contributed by atoms with Gasteiger partial charge in [-0.05, 0) is 61.0 Å². The number of hydrazone groups is 1. The van der Waals surface area contributed by atoms with E-state index >= 15 is 0 Å². The predicted molar refractivity (Wildman–Crippen MR) is 119 cm³/mol. The zero-order valence-corrected chi connectivity index (χ0v) is 17.7. The van der Waals surface area contributed by atoms with E-state index < -0.39 is 4.92 Å². The molecule has 31 heavy (non-hydrogen) atoms. The molecular weight excluding hydrogens is 416 g/mol. The van der Waals surface area contributed by atoms with E-state index in [2.05, 4.69) is 25.8 Å². The zero-order valence-electron chi connectivity index (χ0n) is 16.9. The molecule has 0 aliphatic carbocycles. The molecule has 0 spiro atoms. The molecule has 1 heterocycles. The Morgan fingerprint density at radius 1 is 1.16 bits per heavy atom. The summed E-state index contributed by atoms with van der Waals surface area (Å²) in [5.74, 6) is -0.336. The van der Waals surface area contributed by atoms with Gasteiger partial charge in [0.05, 0.1) is 22.6 Å². The van der Waals surface area contributed by atoms with Gasteiger partial charge in [0, 0.05) is 29.7 Å². The summed E-state index contributed by atoms with van der Waals surface area (Å²) in [4.78, 5) is 31.5. The second-order valence-corrected chi connectivity index (χ2v) is 7.57. The summed E-state index contributed by atoms with van der Waals surface area (Å²) in [6.45, 7) is 4.07. The minimum absolute atomic E-state index is 0.0483. The van der Waals surface area contributed by atoms with E-state index in [0.29, 0.717) is 15.6 Å². The number of aromatic nitrogens is 2. The molecule has 158 valence electrons. The van der Waals surface area contributed by atoms with Crippen LogP contribution in [-0.4, -0.2) is 33.6 Å². The van der Waals surface area contributed by atoms with Crippen molar-refractivity contribution in [3.05, 3.63) is 81.7 Å². The van der Waals surface area contributed by atoms with Crippen LogP contribution in [0, 0.1) is 24.0 Å². The number of nitrogens with zero attached hydrogens (tertiary/aromatic N) is 4. The number of carbonyl (C=O) groups is 1. The number of carbonyl (C=O) groups excluding carboxylic acids is 1. The first-order valence-electron chi connectivity index (χ1n) is 9.29. The number of nitrogens with one attached hydrogen (secondary N) is 2. The average molecular weight is 436 g/mol. The number of anilines is 1. The largest absolute Gasteiger partial charge is 0.376 e. The van der Waals surface area contributed by atoms with Gasteiger partial charge in [0.2, 0.25) is 0 Å². The molecule has 1 aromatic heterocycles. The second-order valence-electron chi connectivity index (χ2n) is 6.56. The highest BCUT2D eigenvalue weighted by Gasteiger charge is 2.16. The van der Waals surface area contributed by atoms with Crippen molar-refractivity contribution in [1.29, 1.82) is 0 Å². The lowest BCUT2D eigenvalue weighted by molar-refractivity contribution is -0.387. The quantitative estimate of drug-likeness (QED) is 0.239. The van der Waals surface area contributed by atoms with Crippen LogP contribution < -0.4 is 10.7 Å². The lowest BCUT2D eigenvalue weighted by Gasteiger charge is -2.07. The van der Waals surface area contributed by atoms with Crippen molar-refractivity contribution in [3.63, 3.8) is 0 Å². The van der Waals surface area contributed by atoms with Gasteiger partial charge in [-0.1, -0.05) is 12.1 Å². The first-order chi connectivity index (χ1) is 14.9. The molecule has 0 radical (unpaired) electrons. The average Bonchev–Trinajstić information content (AvgIpc) is 2.76. The maximum absolute atomic E-state index is 12.0. The highest BCUT2D eigenvalue weighted by molar-refractivity contribution is 7.99. The molecule has 9 nitrogen and oxygen atoms in total. The Labute approximate surface area is 183 Å². The lowest BCUT2D eigenvalue weighted by atomic mass is 10.1. The zero-order chi connectivity index (χ0) is 22.2. The summed E-state index contributed by atoms with van der Waals surface area (Å²) < 4.78 is 0. The molecule has 2 aromatic carbocycles. The molecule has 0 bridgehead atoms. The number of benzene rings is 2. The Morgan fingerprint density at radius 2 is 1.94 bits per heavy atom. The van der Waals surface area contributed by atoms with Gasteiger partial charge in [-0.3, -0.25) is 14.9 Å². The van der Waals surface area contributed by atoms with E-state index in [1.807, 2.05) is 32.0 Å². The normalized spacial score (nSPS) is 10.8. The Bertz CT molecular complexity index is 1120. The van der Waals surface area contributed by atoms with Crippen LogP contribution in [0.3, 0.4) is 0 Å². The lowest BCUT2D eigenvalue weighted by Crippen LogP contribution is -2.25. The summed E-state index contributed by atoms with van der Waals surface area (Å²) in [5, 5.41) is 18.8. The molecule has 0 aliphatic rings. The molecule has 0 saturated carbocycles. The fraction of sp³-hybridized carbons (Fsp3) is 0.143. The number of aryl methyl sites for hydroxylation is 2. The van der Waals surface area contributed by atoms with E-state index in [4.69, 9.17) is 0 Å². The summed E-state index contributed by atoms with van der Waals surface area (Å²) in [7, 11) is 0. The maximum Gasteiger partial charge on any atom is 0.283 e. The second kappa shape index (κ2) is 10.3. The first kappa shape index (κ1) is 21.9. The monoisotopic (exact) mass is 436 g/mol. The number of amides is 1. The van der Waals surface area contributed by atoms with Crippen LogP contribution in [0.2, 0.25) is 0 Å². The highest BCUT2D eigenvalue weighted by Crippen LogP contribution is 2.33. The van der Waals surface area contributed by atoms with E-state index in [1.54, 1.807) is 30.6 Å². The van der Waals surface area contributed by atoms with Crippen molar-refractivity contribution < 1.29 is 9.72 Å². The van der Waals surface area contributed by atoms with Crippen LogP contribution in [0.25, 0.3) is 0 Å². The Balaban J connectivity index is 1.59. The van der Waals surface area contributed by atoms with Gasteiger partial charge in [0.25, 0.3) is 11.6 Å². The molecule has 1 amide bonds. The van der Waals surface area contributed by atoms with Gasteiger partial charge in [-0.2, -0.15) is 5.10 Å². The van der Waals surface area contributed by atoms with E-state index in [-0.39, 0.29) is 18.1 Å². The number of rotatable bonds is 8. The van der Waals surface area contributed by atoms with Crippen LogP contribution in [0.4, 0.5) is 11.4 Å². The van der Waals surface area contributed by atoms with E-state index in [9.17, 15) is 14.9 Å². The molecular formula is C21H20N6O3S. The minimum Gasteiger partial charge on any atom is -0.376 e. The highest BCUT2D eigenvalue weighted by atomic mass is 32.2. The van der Waals surface area contributed by atoms with Crippen molar-refractivity contribution in [2.75, 3.05) is 11.9 Å². The fourth-order valence-electron chi connectivity index (χ4n) is 2.53. The smallest absolute Gasteiger partial charge is 0.283 e. The van der Waals surface area contributed by atoms with Crippen LogP contribution in [-0.2, 0) is 4.79 Å². The van der Waals surface area contributed by atoms with Crippen LogP contribution in [0.5, 0.6) is 0 Å². The van der Waals surface area contributed by atoms with Crippen molar-refractivity contribution in [3.8, 4) is 0 Å². The fourth-order valence-corrected chi connectivity index (χ4v) is 3.33. The molecule has 3 rings (SSSR count). The van der Waals surface area contributed by atoms with Crippen LogP contribution >= 0.6 is 11.8 Å². The minimum atomic E-state index is -0.478. The topological polar surface area (TPSA) is 122 Å². The standard InChI is InChI=1S/C21H20N6O3S/c1-14-4-6-17(10-15(14)2)24-13-20(28)26-25-12-16-5-7-19(18(11-16)27(29)30)31-21-22-8-3-9-23-21/h3-12,24H,13H2,1-2H3,(H,26,28)/b25-12+. The van der Waals surface area contributed by atoms with Gasteiger partial charge in [-0.25, -0.2) is 15.4 Å². The maximum atomic E-state index is 12.0. The molecule has 0 atom stereocenters. The van der Waals surface area contributed by atoms with E-state index in [1.165, 1.54) is 17.8 Å². The molecule has 3 aromatic rings. The molecule has 0 fully saturated rings. The van der Waals surface area contributed by atoms with Crippen molar-refractivity contribution in [2.45, 2.75) is 23.9 Å². The van der Waals surface area contributed by atoms with Crippen molar-refractivity contribution >= 4 is 35.3 Å². The Hall–Kier alpha value is -3.79. The van der Waals surface area contributed by atoms with E-state index in [0.717, 1.165) is 23.0 Å². The Morgan fingerprint density at radius 3 is 2.65 bits per heavy atom. The molecule has 0 unspecified atom stereocenters. The molecule has 2 N–H and O–H groups in total. The predicted octanol–water partition coefficient (Wildman–Crippen LogP) is 3.72. The third-order valence-electron chi connectivity index (χ3n) is 4.29. The summed E-state index contributed by atoms with van der Waals surface area (Å²) in [6, 6.07) is 12.2. The number of hydrogen-bond donors (Lipinski definition) is 2. The van der Waals surface area contributed by atoms with Crippen LogP contribution in [0.15, 0.2) is 70.0 Å².